The summed E-state index contributed by atoms with van der Waals surface area (Å²) >= 11 is 13.9. The molecular weight excluding hydrogens is 547 g/mol. The summed E-state index contributed by atoms with van der Waals surface area (Å²) in [6, 6.07) is 8.75. The molecule has 0 saturated heterocycles. The van der Waals surface area contributed by atoms with Crippen molar-refractivity contribution in [3.8, 4) is 17.0 Å². The van der Waals surface area contributed by atoms with Crippen LogP contribution >= 0.6 is 34.5 Å². The van der Waals surface area contributed by atoms with Crippen molar-refractivity contribution in [2.75, 3.05) is 19.5 Å². The average molecular weight is 578 g/mol. The van der Waals surface area contributed by atoms with Gasteiger partial charge < -0.3 is 14.6 Å². The molecule has 0 bridgehead atoms. The number of para-hydroxylation sites is 1. The Bertz CT molecular complexity index is 1320. The number of anilines is 1. The maximum Gasteiger partial charge on any atom is 0.331 e. The molecule has 0 aliphatic heterocycles. The number of carbonyl (C=O) groups excluding carboxylic acids is 1. The van der Waals surface area contributed by atoms with Gasteiger partial charge in [-0.25, -0.2) is 9.78 Å². The minimum absolute atomic E-state index is 0.0681. The number of benzene rings is 2. The van der Waals surface area contributed by atoms with Gasteiger partial charge in [-0.2, -0.15) is 0 Å². The van der Waals surface area contributed by atoms with Crippen molar-refractivity contribution in [1.82, 2.24) is 4.98 Å². The first kappa shape index (κ1) is 29.6. The first-order valence-corrected chi connectivity index (χ1v) is 13.7. The van der Waals surface area contributed by atoms with E-state index in [1.807, 2.05) is 23.6 Å². The van der Waals surface area contributed by atoms with Gasteiger partial charge in [-0.3, -0.25) is 10.1 Å². The van der Waals surface area contributed by atoms with Crippen LogP contribution in [0.25, 0.3) is 17.3 Å². The van der Waals surface area contributed by atoms with E-state index in [1.54, 1.807) is 14.2 Å². The molecule has 1 amide bonds. The minimum Gasteiger partial charge on any atom is -0.496 e. The third kappa shape index (κ3) is 7.14. The number of aliphatic carboxylic acids is 1. The number of unbranched alkanes of at least 4 members (excludes halogenated alkanes) is 2. The van der Waals surface area contributed by atoms with Crippen LogP contribution in [-0.2, 0) is 9.53 Å². The number of nitrogens with zero attached hydrogens (tertiary/aromatic N) is 1. The van der Waals surface area contributed by atoms with E-state index in [2.05, 4.69) is 17.2 Å². The number of halogens is 2. The molecule has 7 nitrogen and oxygen atoms in total. The number of carboxylic acid groups (broad SMARTS) is 1. The molecule has 202 valence electrons. The summed E-state index contributed by atoms with van der Waals surface area (Å²) in [5, 5.41) is 14.4. The lowest BCUT2D eigenvalue weighted by Crippen LogP contribution is -2.12. The topological polar surface area (TPSA) is 97.8 Å². The average Bonchev–Trinajstić information content (AvgIpc) is 3.36. The van der Waals surface area contributed by atoms with Crippen LogP contribution in [0.15, 0.2) is 41.3 Å². The van der Waals surface area contributed by atoms with Gasteiger partial charge in [0.15, 0.2) is 5.13 Å². The molecule has 0 aliphatic rings. The molecule has 0 unspecified atom stereocenters. The normalized spacial score (nSPS) is 12.3. The number of aromatic nitrogens is 1. The molecule has 10 heteroatoms. The van der Waals surface area contributed by atoms with Crippen molar-refractivity contribution in [2.45, 2.75) is 45.6 Å². The van der Waals surface area contributed by atoms with Gasteiger partial charge in [0.25, 0.3) is 5.91 Å². The molecule has 1 aromatic heterocycles. The first-order valence-electron chi connectivity index (χ1n) is 12.1. The Balaban J connectivity index is 1.84. The molecular formula is C28H30Cl2N2O5S. The van der Waals surface area contributed by atoms with E-state index < -0.39 is 11.9 Å². The van der Waals surface area contributed by atoms with Gasteiger partial charge >= 0.3 is 5.97 Å². The maximum absolute atomic E-state index is 12.9. The number of hydrogen-bond donors (Lipinski definition) is 2. The fraction of sp³-hybridized carbons (Fsp3) is 0.321. The number of nitrogens with one attached hydrogen (secondary N) is 1. The number of carbonyl (C=O) groups is 2. The number of hydrogen-bond acceptors (Lipinski definition) is 6. The number of thiazole rings is 1. The highest BCUT2D eigenvalue weighted by Crippen LogP contribution is 2.39. The third-order valence-electron chi connectivity index (χ3n) is 5.99. The summed E-state index contributed by atoms with van der Waals surface area (Å²) in [5.74, 6) is -0.843. The standard InChI is InChI=1S/C28H30Cl2N2O5S/c1-5-6-7-11-24(36-3)19-10-8-9-18(25(19)37-4)23-15-38-28(31-23)32-26(33)17-13-21(29)20(22(30)14-17)12-16(2)27(34)35/h8-10,12-15,24H,5-7,11H2,1-4H3,(H,34,35)(H,31,32,33)/b16-12+/t24-/m1/s1. The third-order valence-corrected chi connectivity index (χ3v) is 7.37. The van der Waals surface area contributed by atoms with Crippen LogP contribution in [0, 0.1) is 0 Å². The SMILES string of the molecule is CCCCC[C@@H](OC)c1cccc(-c2csc(NC(=O)c3cc(Cl)c(/C=C(\C)C(=O)O)c(Cl)c3)n2)c1OC. The number of ether oxygens (including phenoxy) is 2. The zero-order chi connectivity index (χ0) is 27.8. The van der Waals surface area contributed by atoms with E-state index in [0.29, 0.717) is 22.1 Å². The van der Waals surface area contributed by atoms with Gasteiger partial charge in [-0.1, -0.05) is 61.5 Å². The Hall–Kier alpha value is -2.91. The molecule has 0 radical (unpaired) electrons. The summed E-state index contributed by atoms with van der Waals surface area (Å²) in [4.78, 5) is 28.7. The van der Waals surface area contributed by atoms with Gasteiger partial charge in [0.2, 0.25) is 0 Å². The zero-order valence-electron chi connectivity index (χ0n) is 21.6. The summed E-state index contributed by atoms with van der Waals surface area (Å²) in [6.45, 7) is 3.60. The van der Waals surface area contributed by atoms with E-state index in [1.165, 1.54) is 36.5 Å². The number of carboxylic acids is 1. The fourth-order valence-electron chi connectivity index (χ4n) is 3.97. The van der Waals surface area contributed by atoms with Crippen molar-refractivity contribution >= 4 is 57.6 Å². The second-order valence-electron chi connectivity index (χ2n) is 8.63. The van der Waals surface area contributed by atoms with E-state index in [0.717, 1.165) is 36.8 Å². The predicted molar refractivity (Wildman–Crippen MR) is 154 cm³/mol. The molecule has 0 saturated carbocycles. The van der Waals surface area contributed by atoms with Crippen molar-refractivity contribution in [1.29, 1.82) is 0 Å². The van der Waals surface area contributed by atoms with Crippen LogP contribution in [0.4, 0.5) is 5.13 Å². The smallest absolute Gasteiger partial charge is 0.331 e. The van der Waals surface area contributed by atoms with Crippen LogP contribution in [0.2, 0.25) is 10.0 Å². The van der Waals surface area contributed by atoms with E-state index in [9.17, 15) is 9.59 Å². The molecule has 38 heavy (non-hydrogen) atoms. The number of methoxy groups -OCH3 is 2. The molecule has 2 N–H and O–H groups in total. The molecule has 0 fully saturated rings. The van der Waals surface area contributed by atoms with Crippen molar-refractivity contribution in [3.63, 3.8) is 0 Å². The number of rotatable bonds is 12. The molecule has 0 spiro atoms. The Morgan fingerprint density at radius 2 is 1.89 bits per heavy atom. The highest BCUT2D eigenvalue weighted by atomic mass is 35.5. The van der Waals surface area contributed by atoms with E-state index in [4.69, 9.17) is 37.8 Å². The predicted octanol–water partition coefficient (Wildman–Crippen LogP) is 8.13. The summed E-state index contributed by atoms with van der Waals surface area (Å²) in [5.41, 5.74) is 3.04. The first-order chi connectivity index (χ1) is 18.2. The van der Waals surface area contributed by atoms with Gasteiger partial charge in [-0.05, 0) is 37.6 Å². The van der Waals surface area contributed by atoms with Gasteiger partial charge in [0.1, 0.15) is 5.75 Å². The lowest BCUT2D eigenvalue weighted by Gasteiger charge is -2.20. The van der Waals surface area contributed by atoms with E-state index in [-0.39, 0.29) is 27.3 Å². The molecule has 0 aliphatic carbocycles. The monoisotopic (exact) mass is 576 g/mol. The lowest BCUT2D eigenvalue weighted by atomic mass is 9.98. The van der Waals surface area contributed by atoms with Crippen LogP contribution in [0.1, 0.15) is 67.1 Å². The summed E-state index contributed by atoms with van der Waals surface area (Å²) in [7, 11) is 3.33. The second-order valence-corrected chi connectivity index (χ2v) is 10.3. The molecule has 3 rings (SSSR count). The summed E-state index contributed by atoms with van der Waals surface area (Å²) < 4.78 is 11.6. The van der Waals surface area contributed by atoms with Gasteiger partial charge in [0.05, 0.1) is 29.0 Å². The van der Waals surface area contributed by atoms with Crippen molar-refractivity contribution < 1.29 is 24.2 Å². The highest BCUT2D eigenvalue weighted by molar-refractivity contribution is 7.14. The van der Waals surface area contributed by atoms with Crippen LogP contribution in [0.3, 0.4) is 0 Å². The van der Waals surface area contributed by atoms with Crippen molar-refractivity contribution in [3.05, 3.63) is 68.0 Å². The second kappa shape index (κ2) is 13.8. The molecule has 2 aromatic carbocycles. The Kier molecular flexibility index (Phi) is 10.7. The molecule has 1 heterocycles. The van der Waals surface area contributed by atoms with Crippen LogP contribution < -0.4 is 10.1 Å². The van der Waals surface area contributed by atoms with Gasteiger partial charge in [-0.15, -0.1) is 11.3 Å². The Morgan fingerprint density at radius 3 is 2.50 bits per heavy atom. The Morgan fingerprint density at radius 1 is 1.18 bits per heavy atom. The highest BCUT2D eigenvalue weighted by Gasteiger charge is 2.21. The minimum atomic E-state index is -1.09. The largest absolute Gasteiger partial charge is 0.496 e. The van der Waals surface area contributed by atoms with Crippen LogP contribution in [0.5, 0.6) is 5.75 Å². The maximum atomic E-state index is 12.9. The van der Waals surface area contributed by atoms with Crippen molar-refractivity contribution in [2.24, 2.45) is 0 Å². The number of amides is 1. The van der Waals surface area contributed by atoms with Crippen LogP contribution in [-0.4, -0.2) is 36.2 Å². The molecule has 3 aromatic rings. The quantitative estimate of drug-likeness (QED) is 0.167. The zero-order valence-corrected chi connectivity index (χ0v) is 24.0. The van der Waals surface area contributed by atoms with E-state index >= 15 is 0 Å². The lowest BCUT2D eigenvalue weighted by molar-refractivity contribution is -0.132. The fourth-order valence-corrected chi connectivity index (χ4v) is 5.28. The van der Waals surface area contributed by atoms with Gasteiger partial charge in [0, 0.05) is 40.3 Å². The molecule has 1 atom stereocenters. The summed E-state index contributed by atoms with van der Waals surface area (Å²) in [6.07, 6.45) is 5.47. The Labute approximate surface area is 236 Å².